The molecule has 0 radical (unpaired) electrons. The van der Waals surface area contributed by atoms with E-state index in [0.29, 0.717) is 11.6 Å². The highest BCUT2D eigenvalue weighted by Crippen LogP contribution is 2.25. The van der Waals surface area contributed by atoms with Gasteiger partial charge in [-0.05, 0) is 24.3 Å². The average molecular weight is 328 g/mol. The monoisotopic (exact) mass is 328 g/mol. The van der Waals surface area contributed by atoms with Crippen LogP contribution in [0.1, 0.15) is 0 Å². The van der Waals surface area contributed by atoms with Gasteiger partial charge in [-0.25, -0.2) is 8.78 Å². The van der Waals surface area contributed by atoms with Gasteiger partial charge in [0, 0.05) is 6.07 Å². The number of nitrogens with zero attached hydrogens (tertiary/aromatic N) is 2. The van der Waals surface area contributed by atoms with Gasteiger partial charge in [-0.2, -0.15) is 17.2 Å². The summed E-state index contributed by atoms with van der Waals surface area (Å²) in [6.45, 7) is 0. The molecule has 5 nitrogen and oxygen atoms in total. The summed E-state index contributed by atoms with van der Waals surface area (Å²) in [5, 5.41) is 0. The molecule has 0 bridgehead atoms. The van der Waals surface area contributed by atoms with Crippen LogP contribution in [0, 0.1) is 11.6 Å². The average Bonchev–Trinajstić information content (AvgIpc) is 2.90. The van der Waals surface area contributed by atoms with E-state index < -0.39 is 21.8 Å². The number of benzene rings is 2. The summed E-state index contributed by atoms with van der Waals surface area (Å²) in [6, 6.07) is 6.87. The molecule has 2 aromatic carbocycles. The van der Waals surface area contributed by atoms with E-state index in [-0.39, 0.29) is 16.2 Å². The van der Waals surface area contributed by atoms with Crippen LogP contribution in [0.2, 0.25) is 0 Å². The van der Waals surface area contributed by atoms with E-state index in [2.05, 4.69) is 8.75 Å². The Morgan fingerprint density at radius 2 is 1.86 bits per heavy atom. The summed E-state index contributed by atoms with van der Waals surface area (Å²) in [7, 11) is -4.22. The van der Waals surface area contributed by atoms with Crippen molar-refractivity contribution < 1.29 is 21.4 Å². The van der Waals surface area contributed by atoms with Crippen LogP contribution < -0.4 is 4.18 Å². The summed E-state index contributed by atoms with van der Waals surface area (Å²) in [6.07, 6.45) is 0. The van der Waals surface area contributed by atoms with Crippen LogP contribution in [0.25, 0.3) is 11.0 Å². The molecule has 108 valence electrons. The molecule has 0 amide bonds. The minimum Gasteiger partial charge on any atom is -0.379 e. The lowest BCUT2D eigenvalue weighted by atomic mass is 10.3. The third-order valence-electron chi connectivity index (χ3n) is 2.62. The van der Waals surface area contributed by atoms with Crippen molar-refractivity contribution in [1.82, 2.24) is 8.75 Å². The Bertz CT molecular complexity index is 925. The van der Waals surface area contributed by atoms with Gasteiger partial charge >= 0.3 is 10.1 Å². The third-order valence-corrected chi connectivity index (χ3v) is 4.44. The van der Waals surface area contributed by atoms with Crippen molar-refractivity contribution in [1.29, 1.82) is 0 Å². The number of hydrogen-bond acceptors (Lipinski definition) is 6. The Morgan fingerprint density at radius 3 is 2.62 bits per heavy atom. The van der Waals surface area contributed by atoms with E-state index in [9.17, 15) is 17.2 Å². The zero-order valence-corrected chi connectivity index (χ0v) is 11.8. The van der Waals surface area contributed by atoms with Gasteiger partial charge in [0.15, 0.2) is 11.6 Å². The van der Waals surface area contributed by atoms with E-state index in [4.69, 9.17) is 4.18 Å². The van der Waals surface area contributed by atoms with Crippen molar-refractivity contribution >= 4 is 32.9 Å². The number of aromatic nitrogens is 2. The van der Waals surface area contributed by atoms with Crippen LogP contribution in [0.5, 0.6) is 5.75 Å². The smallest absolute Gasteiger partial charge is 0.341 e. The minimum absolute atomic E-state index is 0.171. The number of hydrogen-bond donors (Lipinski definition) is 0. The molecule has 3 rings (SSSR count). The normalized spacial score (nSPS) is 11.7. The quantitative estimate of drug-likeness (QED) is 0.692. The molecule has 0 unspecified atom stereocenters. The molecule has 1 aromatic heterocycles. The molecule has 0 aliphatic heterocycles. The summed E-state index contributed by atoms with van der Waals surface area (Å²) in [4.78, 5) is -0.182. The standard InChI is InChI=1S/C12H6F2N2O3S2/c13-8-5-4-7(6-9(8)14)19-21(17,18)11-3-1-2-10-12(11)16-20-15-10/h1-6H. The van der Waals surface area contributed by atoms with Crippen molar-refractivity contribution in [2.24, 2.45) is 0 Å². The third kappa shape index (κ3) is 2.57. The Kier molecular flexibility index (Phi) is 3.30. The molecular weight excluding hydrogens is 322 g/mol. The first-order valence-electron chi connectivity index (χ1n) is 5.58. The predicted octanol–water partition coefficient (Wildman–Crippen LogP) is 2.74. The van der Waals surface area contributed by atoms with Gasteiger partial charge in [0.2, 0.25) is 0 Å². The molecule has 0 saturated carbocycles. The van der Waals surface area contributed by atoms with Crippen LogP contribution >= 0.6 is 11.7 Å². The lowest BCUT2D eigenvalue weighted by Crippen LogP contribution is -2.10. The van der Waals surface area contributed by atoms with Gasteiger partial charge < -0.3 is 4.18 Å². The van der Waals surface area contributed by atoms with Gasteiger partial charge in [-0.1, -0.05) is 6.07 Å². The van der Waals surface area contributed by atoms with Crippen LogP contribution in [-0.2, 0) is 10.1 Å². The van der Waals surface area contributed by atoms with Crippen molar-refractivity contribution in [2.75, 3.05) is 0 Å². The van der Waals surface area contributed by atoms with Crippen molar-refractivity contribution in [3.8, 4) is 5.75 Å². The van der Waals surface area contributed by atoms with Crippen molar-refractivity contribution in [2.45, 2.75) is 4.90 Å². The van der Waals surface area contributed by atoms with E-state index in [0.717, 1.165) is 23.9 Å². The SMILES string of the molecule is O=S(=O)(Oc1ccc(F)c(F)c1)c1cccc2nsnc12. The molecule has 1 heterocycles. The summed E-state index contributed by atoms with van der Waals surface area (Å²) >= 11 is 0.864. The molecule has 0 aliphatic carbocycles. The Balaban J connectivity index is 2.04. The van der Waals surface area contributed by atoms with E-state index in [1.807, 2.05) is 0 Å². The summed E-state index contributed by atoms with van der Waals surface area (Å²) in [5.74, 6) is -2.61. The van der Waals surface area contributed by atoms with Crippen LogP contribution in [-0.4, -0.2) is 17.2 Å². The Morgan fingerprint density at radius 1 is 1.05 bits per heavy atom. The van der Waals surface area contributed by atoms with E-state index >= 15 is 0 Å². The molecule has 0 saturated heterocycles. The largest absolute Gasteiger partial charge is 0.379 e. The number of rotatable bonds is 3. The van der Waals surface area contributed by atoms with Crippen LogP contribution in [0.15, 0.2) is 41.3 Å². The van der Waals surface area contributed by atoms with E-state index in [1.54, 1.807) is 6.07 Å². The summed E-state index contributed by atoms with van der Waals surface area (Å²) < 4.78 is 63.0. The Labute approximate surface area is 122 Å². The fraction of sp³-hybridized carbons (Fsp3) is 0. The van der Waals surface area contributed by atoms with Crippen molar-refractivity contribution in [3.63, 3.8) is 0 Å². The maximum Gasteiger partial charge on any atom is 0.341 e. The predicted molar refractivity (Wildman–Crippen MR) is 71.6 cm³/mol. The highest BCUT2D eigenvalue weighted by atomic mass is 32.2. The molecule has 0 aliphatic rings. The fourth-order valence-electron chi connectivity index (χ4n) is 1.68. The van der Waals surface area contributed by atoms with Gasteiger partial charge in [-0.3, -0.25) is 0 Å². The number of fused-ring (bicyclic) bond motifs is 1. The van der Waals surface area contributed by atoms with E-state index in [1.165, 1.54) is 12.1 Å². The molecule has 3 aromatic rings. The molecule has 0 atom stereocenters. The van der Waals surface area contributed by atoms with Crippen LogP contribution in [0.3, 0.4) is 0 Å². The lowest BCUT2D eigenvalue weighted by Gasteiger charge is -2.07. The topological polar surface area (TPSA) is 69.2 Å². The first-order chi connectivity index (χ1) is 9.97. The minimum atomic E-state index is -4.22. The van der Waals surface area contributed by atoms with Gasteiger partial charge in [0.1, 0.15) is 21.7 Å². The fourth-order valence-corrected chi connectivity index (χ4v) is 3.37. The number of halogens is 2. The highest BCUT2D eigenvalue weighted by Gasteiger charge is 2.22. The second-order valence-corrected chi connectivity index (χ2v) is 6.04. The van der Waals surface area contributed by atoms with Gasteiger partial charge in [0.05, 0.1) is 11.7 Å². The maximum atomic E-state index is 13.1. The lowest BCUT2D eigenvalue weighted by molar-refractivity contribution is 0.472. The van der Waals surface area contributed by atoms with Crippen molar-refractivity contribution in [3.05, 3.63) is 48.0 Å². The highest BCUT2D eigenvalue weighted by molar-refractivity contribution is 7.87. The molecule has 0 spiro atoms. The zero-order valence-electron chi connectivity index (χ0n) is 10.2. The van der Waals surface area contributed by atoms with Crippen LogP contribution in [0.4, 0.5) is 8.78 Å². The second kappa shape index (κ2) is 5.01. The second-order valence-electron chi connectivity index (χ2n) is 4.00. The molecule has 0 N–H and O–H groups in total. The first kappa shape index (κ1) is 13.8. The van der Waals surface area contributed by atoms with Gasteiger partial charge in [0.25, 0.3) is 0 Å². The summed E-state index contributed by atoms with van der Waals surface area (Å²) in [5.41, 5.74) is 0.583. The molecule has 0 fully saturated rings. The molecule has 21 heavy (non-hydrogen) atoms. The Hall–Kier alpha value is -2.13. The van der Waals surface area contributed by atoms with Gasteiger partial charge in [-0.15, -0.1) is 0 Å². The molecule has 9 heteroatoms. The molecular formula is C12H6F2N2O3S2. The maximum absolute atomic E-state index is 13.1. The first-order valence-corrected chi connectivity index (χ1v) is 7.72. The zero-order chi connectivity index (χ0) is 15.0.